The van der Waals surface area contributed by atoms with Gasteiger partial charge in [-0.15, -0.1) is 0 Å². The lowest BCUT2D eigenvalue weighted by molar-refractivity contribution is -0.375. The predicted octanol–water partition coefficient (Wildman–Crippen LogP) is -13.8. The van der Waals surface area contributed by atoms with Gasteiger partial charge >= 0.3 is 0 Å². The highest BCUT2D eigenvalue weighted by Gasteiger charge is 2.56. The number of aliphatic hydroxyl groups is 18. The summed E-state index contributed by atoms with van der Waals surface area (Å²) in [4.78, 5) is 24.2. The fraction of sp³-hybridized carbons (Fsp3) is 0.950. The Hall–Kier alpha value is -2.22. The van der Waals surface area contributed by atoms with Gasteiger partial charge in [-0.25, -0.2) is 0 Å². The molecule has 0 aliphatic carbocycles. The van der Waals surface area contributed by atoms with Crippen molar-refractivity contribution in [3.8, 4) is 0 Å². The molecule has 0 aromatic carbocycles. The van der Waals surface area contributed by atoms with Crippen LogP contribution in [0.1, 0.15) is 13.8 Å². The van der Waals surface area contributed by atoms with E-state index in [9.17, 15) is 102 Å². The molecule has 6 aliphatic heterocycles. The molecule has 0 saturated carbocycles. The van der Waals surface area contributed by atoms with Gasteiger partial charge in [-0.3, -0.25) is 9.59 Å². The van der Waals surface area contributed by atoms with Gasteiger partial charge in [-0.1, -0.05) is 0 Å². The maximum Gasteiger partial charge on any atom is 0.217 e. The Labute approximate surface area is 413 Å². The van der Waals surface area contributed by atoms with Crippen LogP contribution in [0.5, 0.6) is 0 Å². The van der Waals surface area contributed by atoms with E-state index in [1.165, 1.54) is 0 Å². The molecule has 6 rings (SSSR count). The van der Waals surface area contributed by atoms with E-state index >= 15 is 0 Å². The molecule has 0 unspecified atom stereocenters. The average Bonchev–Trinajstić information content (AvgIpc) is 3.35. The maximum atomic E-state index is 12.4. The maximum absolute atomic E-state index is 12.4. The molecule has 73 heavy (non-hydrogen) atoms. The van der Waals surface area contributed by atoms with Crippen molar-refractivity contribution in [2.24, 2.45) is 0 Å². The van der Waals surface area contributed by atoms with Crippen molar-refractivity contribution >= 4 is 11.8 Å². The van der Waals surface area contributed by atoms with Gasteiger partial charge in [0.2, 0.25) is 11.8 Å². The summed E-state index contributed by atoms with van der Waals surface area (Å²) in [5, 5.41) is 195. The van der Waals surface area contributed by atoms with E-state index < -0.39 is 236 Å². The van der Waals surface area contributed by atoms with Crippen LogP contribution in [-0.4, -0.2) is 327 Å². The second-order valence-electron chi connectivity index (χ2n) is 18.3. The Morgan fingerprint density at radius 3 is 1.19 bits per heavy atom. The van der Waals surface area contributed by atoms with Gasteiger partial charge < -0.3 is 155 Å². The first kappa shape index (κ1) is 60.0. The van der Waals surface area contributed by atoms with E-state index in [0.717, 1.165) is 13.8 Å². The minimum absolute atomic E-state index is 0.696. The van der Waals surface area contributed by atoms with E-state index in [4.69, 9.17) is 52.1 Å². The molecule has 0 radical (unpaired) electrons. The van der Waals surface area contributed by atoms with Crippen molar-refractivity contribution in [3.05, 3.63) is 0 Å². The normalized spacial score (nSPS) is 49.8. The van der Waals surface area contributed by atoms with Gasteiger partial charge in [0, 0.05) is 13.8 Å². The molecule has 30 atom stereocenters. The first-order chi connectivity index (χ1) is 34.5. The van der Waals surface area contributed by atoms with Gasteiger partial charge in [-0.2, -0.15) is 0 Å². The summed E-state index contributed by atoms with van der Waals surface area (Å²) in [5.41, 5.74) is 0. The zero-order valence-electron chi connectivity index (χ0n) is 38.9. The predicted molar refractivity (Wildman–Crippen MR) is 222 cm³/mol. The Bertz CT molecular complexity index is 1750. The molecule has 33 nitrogen and oxygen atoms in total. The van der Waals surface area contributed by atoms with Crippen LogP contribution in [0.2, 0.25) is 0 Å². The summed E-state index contributed by atoms with van der Waals surface area (Å²) in [6.45, 7) is -3.21. The van der Waals surface area contributed by atoms with Gasteiger partial charge in [0.25, 0.3) is 0 Å². The van der Waals surface area contributed by atoms with E-state index in [2.05, 4.69) is 10.6 Å². The Morgan fingerprint density at radius 1 is 0.356 bits per heavy atom. The monoisotopic (exact) mass is 1070 g/mol. The van der Waals surface area contributed by atoms with E-state index in [1.807, 2.05) is 0 Å². The molecule has 6 saturated heterocycles. The van der Waals surface area contributed by atoms with Gasteiger partial charge in [0.15, 0.2) is 37.7 Å². The highest BCUT2D eigenvalue weighted by molar-refractivity contribution is 5.73. The molecule has 424 valence electrons. The van der Waals surface area contributed by atoms with Crippen LogP contribution in [0, 0.1) is 0 Å². The topological polar surface area (TPSA) is 524 Å². The molecule has 0 bridgehead atoms. The van der Waals surface area contributed by atoms with E-state index in [-0.39, 0.29) is 0 Å². The smallest absolute Gasteiger partial charge is 0.217 e. The molecule has 6 aliphatic rings. The average molecular weight is 1070 g/mol. The number of carbonyl (C=O) groups excluding carboxylic acids is 2. The van der Waals surface area contributed by atoms with Crippen LogP contribution in [0.4, 0.5) is 0 Å². The molecular weight excluding hydrogens is 1000 g/mol. The van der Waals surface area contributed by atoms with Crippen LogP contribution in [0.25, 0.3) is 0 Å². The highest BCUT2D eigenvalue weighted by Crippen LogP contribution is 2.35. The fourth-order valence-electron chi connectivity index (χ4n) is 9.10. The number of rotatable bonds is 18. The molecule has 6 heterocycles. The molecular formula is C40H68N2O31. The van der Waals surface area contributed by atoms with Crippen molar-refractivity contribution in [3.63, 3.8) is 0 Å². The third-order valence-corrected chi connectivity index (χ3v) is 13.2. The second-order valence-corrected chi connectivity index (χ2v) is 18.3. The summed E-state index contributed by atoms with van der Waals surface area (Å²) in [6, 6.07) is -3.17. The van der Waals surface area contributed by atoms with Crippen molar-refractivity contribution < 1.29 is 154 Å². The Balaban J connectivity index is 1.12. The molecule has 2 amide bonds. The van der Waals surface area contributed by atoms with E-state index in [0.29, 0.717) is 0 Å². The van der Waals surface area contributed by atoms with Gasteiger partial charge in [0.1, 0.15) is 146 Å². The van der Waals surface area contributed by atoms with E-state index in [1.54, 1.807) is 0 Å². The second kappa shape index (κ2) is 26.0. The molecule has 0 aromatic rings. The number of hydrogen-bond acceptors (Lipinski definition) is 31. The summed E-state index contributed by atoms with van der Waals surface area (Å²) in [6.07, 6.45) is -51.9. The largest absolute Gasteiger partial charge is 0.394 e. The van der Waals surface area contributed by atoms with Crippen LogP contribution >= 0.6 is 0 Å². The van der Waals surface area contributed by atoms with Crippen molar-refractivity contribution in [2.75, 3.05) is 39.6 Å². The molecule has 33 heteroatoms. The highest BCUT2D eigenvalue weighted by atomic mass is 16.8. The first-order valence-electron chi connectivity index (χ1n) is 23.1. The van der Waals surface area contributed by atoms with Crippen molar-refractivity contribution in [2.45, 2.75) is 198 Å². The summed E-state index contributed by atoms with van der Waals surface area (Å²) in [7, 11) is 0. The minimum Gasteiger partial charge on any atom is -0.394 e. The lowest BCUT2D eigenvalue weighted by atomic mass is 9.94. The number of amides is 2. The third-order valence-electron chi connectivity index (χ3n) is 13.2. The number of nitrogens with one attached hydrogen (secondary N) is 2. The SMILES string of the molecule is CC(=O)N[C@@H]1[C@@H](O)[C@H](O[C@@H]2O[C@H](CO)[C@@H](O[C@@H]3O[C@H](CO[C@H]4O[C@H](CO[C@H]5O[C@H](CO)[C@@H](O)[C@H](O)[C@@H]5O[C@H]5O[C@H](CO)[C@@H](O)[C@H](O)[C@@H]5O)[C@@H](O)[C@H](O)[C@@H]4O)[C@@H](O)[C@H](O)[C@@H]3O)[C@H](O)[C@H]2NC(C)=O)[C@@H](CO)O[C@H]1O. The first-order valence-corrected chi connectivity index (χ1v) is 23.1. The van der Waals surface area contributed by atoms with Crippen LogP contribution < -0.4 is 10.6 Å². The summed E-state index contributed by atoms with van der Waals surface area (Å²) >= 11 is 0. The summed E-state index contributed by atoms with van der Waals surface area (Å²) < 4.78 is 62.0. The van der Waals surface area contributed by atoms with Crippen molar-refractivity contribution in [1.29, 1.82) is 0 Å². The Morgan fingerprint density at radius 2 is 0.699 bits per heavy atom. The Kier molecular flexibility index (Phi) is 21.3. The number of ether oxygens (including phenoxy) is 11. The lowest BCUT2D eigenvalue weighted by Gasteiger charge is -2.49. The van der Waals surface area contributed by atoms with Crippen LogP contribution in [0.15, 0.2) is 0 Å². The minimum atomic E-state index is -2.13. The number of carbonyl (C=O) groups is 2. The third kappa shape index (κ3) is 13.2. The molecule has 20 N–H and O–H groups in total. The van der Waals surface area contributed by atoms with Crippen molar-refractivity contribution in [1.82, 2.24) is 10.6 Å². The standard InChI is InChI=1S/C40H68N2O31/c1-9(47)41-17-23(53)32(13(5-45)65-35(17)62)71-36-18(42-10(2)48)24(54)33(14(6-46)68-36)72-39-31(61)27(57)22(52)16(70-39)7-63-37-29(59)26(56)21(51)15(69-37)8-64-40-34(28(58)20(50)12(4-44)67-40)73-38-30(60)25(55)19(49)11(3-43)66-38/h11-40,43-46,49-62H,3-8H2,1-2H3,(H,41,47)(H,42,48)/t11-,12-,13-,14-,15-,16-,17-,18-,19-,20-,21-,22-,23-,24-,25+,26+,27+,28+,29+,30+,31+,32-,33-,34+,35-,36+,37+,38-,39+,40+/m1/s1. The molecule has 0 aromatic heterocycles. The lowest BCUT2D eigenvalue weighted by Crippen LogP contribution is -2.70. The van der Waals surface area contributed by atoms with Gasteiger partial charge in [0.05, 0.1) is 39.6 Å². The fourth-order valence-corrected chi connectivity index (χ4v) is 9.10. The molecule has 0 spiro atoms. The summed E-state index contributed by atoms with van der Waals surface area (Å²) in [5.74, 6) is -1.49. The zero-order valence-corrected chi connectivity index (χ0v) is 38.9. The quantitative estimate of drug-likeness (QED) is 0.0606. The van der Waals surface area contributed by atoms with Gasteiger partial charge in [-0.05, 0) is 0 Å². The zero-order chi connectivity index (χ0) is 53.9. The number of aliphatic hydroxyl groups excluding tert-OH is 18. The van der Waals surface area contributed by atoms with Crippen LogP contribution in [-0.2, 0) is 61.7 Å². The van der Waals surface area contributed by atoms with Crippen LogP contribution in [0.3, 0.4) is 0 Å². The number of hydrogen-bond donors (Lipinski definition) is 20. The molecule has 6 fully saturated rings.